The molecule has 6 heteroatoms. The molecule has 6 nitrogen and oxygen atoms in total. The monoisotopic (exact) mass is 329 g/mol. The Morgan fingerprint density at radius 2 is 2.00 bits per heavy atom. The molecule has 1 amide bonds. The molecule has 0 radical (unpaired) electrons. The van der Waals surface area contributed by atoms with Crippen molar-refractivity contribution in [2.45, 2.75) is 45.3 Å². The number of benzene rings is 1. The van der Waals surface area contributed by atoms with Crippen LogP contribution in [0.1, 0.15) is 32.5 Å². The third-order valence-corrected chi connectivity index (χ3v) is 4.24. The van der Waals surface area contributed by atoms with Crippen LogP contribution < -0.4 is 5.56 Å². The van der Waals surface area contributed by atoms with Gasteiger partial charge in [0.1, 0.15) is 5.82 Å². The van der Waals surface area contributed by atoms with Crippen LogP contribution in [-0.2, 0) is 16.0 Å². The number of amides is 1. The van der Waals surface area contributed by atoms with Crippen molar-refractivity contribution >= 4 is 16.8 Å². The third-order valence-electron chi connectivity index (χ3n) is 4.24. The minimum Gasteiger partial charge on any atom is -0.372 e. The fraction of sp³-hybridized carbons (Fsp3) is 0.500. The maximum Gasteiger partial charge on any atom is 0.258 e. The third kappa shape index (κ3) is 3.82. The largest absolute Gasteiger partial charge is 0.372 e. The molecule has 128 valence electrons. The molecule has 1 aliphatic heterocycles. The van der Waals surface area contributed by atoms with Crippen LogP contribution in [0.2, 0.25) is 0 Å². The van der Waals surface area contributed by atoms with Gasteiger partial charge in [0, 0.05) is 25.9 Å². The number of H-pyrrole nitrogens is 1. The highest BCUT2D eigenvalue weighted by atomic mass is 16.5. The van der Waals surface area contributed by atoms with Crippen LogP contribution in [0, 0.1) is 0 Å². The Bertz CT molecular complexity index is 776. The van der Waals surface area contributed by atoms with Crippen LogP contribution in [0.3, 0.4) is 0 Å². The van der Waals surface area contributed by atoms with Gasteiger partial charge in [-0.3, -0.25) is 9.59 Å². The maximum atomic E-state index is 12.3. The van der Waals surface area contributed by atoms with Crippen LogP contribution in [0.25, 0.3) is 10.9 Å². The predicted octanol–water partition coefficient (Wildman–Crippen LogP) is 1.88. The number of nitrogens with one attached hydrogen (secondary N) is 1. The summed E-state index contributed by atoms with van der Waals surface area (Å²) in [5.74, 6) is 0.773. The molecule has 24 heavy (non-hydrogen) atoms. The fourth-order valence-corrected chi connectivity index (χ4v) is 3.20. The molecule has 2 aromatic rings. The second kappa shape index (κ2) is 7.13. The van der Waals surface area contributed by atoms with Crippen LogP contribution in [0.4, 0.5) is 0 Å². The van der Waals surface area contributed by atoms with Gasteiger partial charge >= 0.3 is 0 Å². The molecular formula is C18H23N3O3. The summed E-state index contributed by atoms with van der Waals surface area (Å²) in [5, 5.41) is 0.591. The number of aryl methyl sites for hydroxylation is 1. The Morgan fingerprint density at radius 1 is 1.29 bits per heavy atom. The zero-order valence-corrected chi connectivity index (χ0v) is 14.1. The van der Waals surface area contributed by atoms with Crippen molar-refractivity contribution in [2.75, 3.05) is 13.1 Å². The Hall–Kier alpha value is -2.21. The van der Waals surface area contributed by atoms with Crippen molar-refractivity contribution in [2.24, 2.45) is 0 Å². The number of hydrogen-bond acceptors (Lipinski definition) is 4. The summed E-state index contributed by atoms with van der Waals surface area (Å²) < 4.78 is 5.65. The Morgan fingerprint density at radius 3 is 2.75 bits per heavy atom. The maximum absolute atomic E-state index is 12.3. The van der Waals surface area contributed by atoms with Gasteiger partial charge in [-0.15, -0.1) is 0 Å². The molecule has 0 bridgehead atoms. The van der Waals surface area contributed by atoms with E-state index in [9.17, 15) is 9.59 Å². The van der Waals surface area contributed by atoms with E-state index in [0.717, 1.165) is 0 Å². The van der Waals surface area contributed by atoms with Crippen LogP contribution in [0.5, 0.6) is 0 Å². The lowest BCUT2D eigenvalue weighted by Crippen LogP contribution is -2.48. The number of hydrogen-bond donors (Lipinski definition) is 1. The van der Waals surface area contributed by atoms with Crippen molar-refractivity contribution in [3.8, 4) is 0 Å². The molecular weight excluding hydrogens is 306 g/mol. The number of aromatic nitrogens is 2. The van der Waals surface area contributed by atoms with Crippen molar-refractivity contribution in [1.29, 1.82) is 0 Å². The first-order valence-corrected chi connectivity index (χ1v) is 8.44. The molecule has 0 spiro atoms. The topological polar surface area (TPSA) is 75.3 Å². The second-order valence-corrected chi connectivity index (χ2v) is 6.44. The molecule has 0 aliphatic carbocycles. The van der Waals surface area contributed by atoms with Crippen molar-refractivity contribution < 1.29 is 9.53 Å². The average molecular weight is 329 g/mol. The van der Waals surface area contributed by atoms with E-state index in [1.807, 2.05) is 36.9 Å². The summed E-state index contributed by atoms with van der Waals surface area (Å²) in [6.07, 6.45) is 1.87. The van der Waals surface area contributed by atoms with Gasteiger partial charge in [-0.2, -0.15) is 0 Å². The number of ether oxygens (including phenoxy) is 1. The van der Waals surface area contributed by atoms with Gasteiger partial charge in [-0.1, -0.05) is 12.1 Å². The number of morpholine rings is 1. The van der Waals surface area contributed by atoms with Crippen LogP contribution in [0.15, 0.2) is 29.1 Å². The van der Waals surface area contributed by atoms with Crippen molar-refractivity contribution in [3.05, 3.63) is 40.4 Å². The summed E-state index contributed by atoms with van der Waals surface area (Å²) >= 11 is 0. The molecule has 3 rings (SSSR count). The number of fused-ring (bicyclic) bond motifs is 1. The number of aromatic amines is 1. The minimum atomic E-state index is -0.127. The van der Waals surface area contributed by atoms with Crippen molar-refractivity contribution in [3.63, 3.8) is 0 Å². The zero-order valence-electron chi connectivity index (χ0n) is 14.1. The Balaban J connectivity index is 1.58. The van der Waals surface area contributed by atoms with E-state index in [0.29, 0.717) is 49.1 Å². The fourth-order valence-electron chi connectivity index (χ4n) is 3.20. The first-order chi connectivity index (χ1) is 11.5. The molecule has 1 N–H and O–H groups in total. The Labute approximate surface area is 140 Å². The van der Waals surface area contributed by atoms with Crippen LogP contribution >= 0.6 is 0 Å². The zero-order chi connectivity index (χ0) is 17.1. The number of para-hydroxylation sites is 1. The summed E-state index contributed by atoms with van der Waals surface area (Å²) in [4.78, 5) is 33.5. The first-order valence-electron chi connectivity index (χ1n) is 8.44. The molecule has 1 aromatic heterocycles. The van der Waals surface area contributed by atoms with Gasteiger partial charge in [0.05, 0.1) is 23.1 Å². The lowest BCUT2D eigenvalue weighted by molar-refractivity contribution is -0.143. The summed E-state index contributed by atoms with van der Waals surface area (Å²) in [6, 6.07) is 7.27. The highest BCUT2D eigenvalue weighted by Gasteiger charge is 2.25. The summed E-state index contributed by atoms with van der Waals surface area (Å²) in [6.45, 7) is 5.27. The highest BCUT2D eigenvalue weighted by molar-refractivity contribution is 5.77. The van der Waals surface area contributed by atoms with Crippen molar-refractivity contribution in [1.82, 2.24) is 14.9 Å². The standard InChI is InChI=1S/C18H23N3O3/c1-12-10-21(11-13(2)24-12)17(22)9-5-8-16-19-15-7-4-3-6-14(15)18(23)20-16/h3-4,6-7,12-13H,5,8-11H2,1-2H3,(H,19,20,23). The van der Waals surface area contributed by atoms with Gasteiger partial charge in [0.15, 0.2) is 0 Å². The number of carbonyl (C=O) groups excluding carboxylic acids is 1. The first kappa shape index (κ1) is 16.6. The molecule has 2 heterocycles. The van der Waals surface area contributed by atoms with E-state index in [4.69, 9.17) is 4.74 Å². The van der Waals surface area contributed by atoms with Crippen LogP contribution in [-0.4, -0.2) is 46.1 Å². The smallest absolute Gasteiger partial charge is 0.258 e. The second-order valence-electron chi connectivity index (χ2n) is 6.44. The molecule has 1 aliphatic rings. The van der Waals surface area contributed by atoms with Gasteiger partial charge in [-0.05, 0) is 32.4 Å². The summed E-state index contributed by atoms with van der Waals surface area (Å²) in [7, 11) is 0. The average Bonchev–Trinajstić information content (AvgIpc) is 2.54. The predicted molar refractivity (Wildman–Crippen MR) is 91.9 cm³/mol. The molecule has 1 fully saturated rings. The van der Waals surface area contributed by atoms with E-state index < -0.39 is 0 Å². The quantitative estimate of drug-likeness (QED) is 0.929. The van der Waals surface area contributed by atoms with E-state index in [2.05, 4.69) is 9.97 Å². The molecule has 1 aromatic carbocycles. The van der Waals surface area contributed by atoms with E-state index >= 15 is 0 Å². The lowest BCUT2D eigenvalue weighted by Gasteiger charge is -2.35. The number of carbonyl (C=O) groups is 1. The molecule has 2 atom stereocenters. The number of nitrogens with zero attached hydrogens (tertiary/aromatic N) is 2. The highest BCUT2D eigenvalue weighted by Crippen LogP contribution is 2.13. The SMILES string of the molecule is CC1CN(C(=O)CCCc2nc3ccccc3c(=O)[nH]2)CC(C)O1. The minimum absolute atomic E-state index is 0.0798. The van der Waals surface area contributed by atoms with E-state index in [-0.39, 0.29) is 23.7 Å². The molecule has 2 unspecified atom stereocenters. The summed E-state index contributed by atoms with van der Waals surface area (Å²) in [5.41, 5.74) is 0.566. The van der Waals surface area contributed by atoms with Gasteiger partial charge in [0.25, 0.3) is 5.56 Å². The van der Waals surface area contributed by atoms with Gasteiger partial charge < -0.3 is 14.6 Å². The Kier molecular flexibility index (Phi) is 4.94. The van der Waals surface area contributed by atoms with Gasteiger partial charge in [-0.25, -0.2) is 4.98 Å². The normalized spacial score (nSPS) is 21.2. The number of rotatable bonds is 4. The molecule has 1 saturated heterocycles. The lowest BCUT2D eigenvalue weighted by atomic mass is 10.1. The van der Waals surface area contributed by atoms with E-state index in [1.165, 1.54) is 0 Å². The van der Waals surface area contributed by atoms with E-state index in [1.54, 1.807) is 6.07 Å². The van der Waals surface area contributed by atoms with Gasteiger partial charge in [0.2, 0.25) is 5.91 Å². The molecule has 0 saturated carbocycles.